The van der Waals surface area contributed by atoms with E-state index in [0.717, 1.165) is 23.5 Å². The molecule has 2 aliphatic carbocycles. The van der Waals surface area contributed by atoms with Crippen LogP contribution < -0.4 is 20.2 Å². The molecule has 17 heteroatoms. The van der Waals surface area contributed by atoms with Crippen LogP contribution in [-0.2, 0) is 23.8 Å². The molecule has 8 rings (SSSR count). The summed E-state index contributed by atoms with van der Waals surface area (Å²) < 4.78 is 37.5. The zero-order valence-electron chi connectivity index (χ0n) is 40.8. The highest BCUT2D eigenvalue weighted by Crippen LogP contribution is 2.51. The topological polar surface area (TPSA) is 233 Å². The van der Waals surface area contributed by atoms with E-state index in [-0.39, 0.29) is 67.3 Å². The van der Waals surface area contributed by atoms with E-state index in [2.05, 4.69) is 12.4 Å². The summed E-state index contributed by atoms with van der Waals surface area (Å²) in [6, 6.07) is 3.54. The van der Waals surface area contributed by atoms with Gasteiger partial charge in [-0.15, -0.1) is 0 Å². The molecule has 3 unspecified atom stereocenters. The number of amides is 1. The number of anilines is 1. The Morgan fingerprint density at radius 1 is 1.00 bits per heavy atom. The minimum absolute atomic E-state index is 0.00347. The van der Waals surface area contributed by atoms with E-state index in [1.165, 1.54) is 84.6 Å². The number of phenolic OH excluding ortho intramolecular Hbond substituents is 2. The Balaban J connectivity index is 1.27. The van der Waals surface area contributed by atoms with Crippen LogP contribution in [0.1, 0.15) is 83.7 Å². The van der Waals surface area contributed by atoms with Crippen LogP contribution in [0.3, 0.4) is 0 Å². The molecule has 17 nitrogen and oxygen atoms in total. The van der Waals surface area contributed by atoms with Crippen molar-refractivity contribution in [2.45, 2.75) is 111 Å². The van der Waals surface area contributed by atoms with Gasteiger partial charge in [-0.1, -0.05) is 45.9 Å². The van der Waals surface area contributed by atoms with E-state index in [1.807, 2.05) is 0 Å². The van der Waals surface area contributed by atoms with Gasteiger partial charge < -0.3 is 58.3 Å². The highest BCUT2D eigenvalue weighted by atomic mass is 16.7. The van der Waals surface area contributed by atoms with Crippen molar-refractivity contribution in [3.63, 3.8) is 0 Å². The number of phenols is 2. The largest absolute Gasteiger partial charge is 0.507 e. The van der Waals surface area contributed by atoms with Gasteiger partial charge in [-0.25, -0.2) is 4.98 Å². The van der Waals surface area contributed by atoms with Gasteiger partial charge in [0.15, 0.2) is 11.3 Å². The number of carbonyl (C=O) groups excluding carboxylic acids is 3. The number of nitrogens with zero attached hydrogens (tertiary/aromatic N) is 2. The molecule has 6 aliphatic rings. The van der Waals surface area contributed by atoms with Crippen LogP contribution in [0.15, 0.2) is 57.5 Å². The van der Waals surface area contributed by atoms with Gasteiger partial charge in [0.2, 0.25) is 5.43 Å². The summed E-state index contributed by atoms with van der Waals surface area (Å²) in [6.45, 7) is 14.7. The molecule has 2 aromatic rings. The van der Waals surface area contributed by atoms with Gasteiger partial charge in [0.25, 0.3) is 11.7 Å². The van der Waals surface area contributed by atoms with Crippen molar-refractivity contribution in [1.82, 2.24) is 4.98 Å². The fraction of sp³-hybridized carbons (Fsp3) is 0.519. The molecule has 1 saturated carbocycles. The van der Waals surface area contributed by atoms with Gasteiger partial charge in [0, 0.05) is 85.6 Å². The average molecular weight is 955 g/mol. The smallest absolute Gasteiger partial charge is 0.312 e. The number of methoxy groups -OCH3 is 1. The van der Waals surface area contributed by atoms with Crippen molar-refractivity contribution in [2.75, 3.05) is 39.2 Å². The number of ketones is 1. The fourth-order valence-electron chi connectivity index (χ4n) is 11.1. The SMILES string of the molecule is CO[C@H]1/C=C/O[C@@]2(C)Oc3c(C)c(O)c4c(=O)c(c5oc6cc(OCC[N+]7(C)CC8CCC7C8)cc(O)c6nc-5c4c3C2=O)NC(=O)/C(C)=C\C=C\[C@H](C)[C@H](O)[C@@H](C)[C@@H](O)[C@@H](C)[C@H](OC(C)=O)[C@@H]1C. The summed E-state index contributed by atoms with van der Waals surface area (Å²) in [7, 11) is 3.69. The molecule has 5 N–H and O–H groups in total. The number of quaternary nitrogens is 1. The zero-order valence-corrected chi connectivity index (χ0v) is 40.8. The monoisotopic (exact) mass is 954 g/mol. The second-order valence-corrected chi connectivity index (χ2v) is 20.1. The number of aromatic hydroxyl groups is 2. The predicted octanol–water partition coefficient (Wildman–Crippen LogP) is 6.66. The number of likely N-dealkylation sites (tertiary alicyclic amines) is 1. The van der Waals surface area contributed by atoms with E-state index in [9.17, 15) is 39.6 Å². The lowest BCUT2D eigenvalue weighted by Crippen LogP contribution is -2.52. The highest BCUT2D eigenvalue weighted by Gasteiger charge is 2.51. The second-order valence-electron chi connectivity index (χ2n) is 20.1. The van der Waals surface area contributed by atoms with Gasteiger partial charge in [0.1, 0.15) is 59.2 Å². The van der Waals surface area contributed by atoms with Gasteiger partial charge in [-0.05, 0) is 32.8 Å². The van der Waals surface area contributed by atoms with Crippen molar-refractivity contribution < 1.29 is 67.4 Å². The Bertz CT molecular complexity index is 2830. The first kappa shape index (κ1) is 49.4. The van der Waals surface area contributed by atoms with Crippen LogP contribution in [0.2, 0.25) is 0 Å². The molecule has 0 spiro atoms. The molecule has 370 valence electrons. The zero-order chi connectivity index (χ0) is 50.0. The van der Waals surface area contributed by atoms with Gasteiger partial charge in [-0.3, -0.25) is 19.2 Å². The Labute approximate surface area is 400 Å². The number of nitrogens with one attached hydrogen (secondary N) is 1. The third-order valence-corrected chi connectivity index (χ3v) is 15.3. The molecule has 1 saturated heterocycles. The van der Waals surface area contributed by atoms with Gasteiger partial charge in [0.05, 0.1) is 55.2 Å². The maximum atomic E-state index is 14.9. The molecule has 69 heavy (non-hydrogen) atoms. The first-order chi connectivity index (χ1) is 32.6. The van der Waals surface area contributed by atoms with Crippen molar-refractivity contribution >= 4 is 45.2 Å². The third kappa shape index (κ3) is 8.83. The lowest BCUT2D eigenvalue weighted by Gasteiger charge is -2.38. The molecule has 2 aromatic carbocycles. The molecule has 4 heterocycles. The van der Waals surface area contributed by atoms with Crippen LogP contribution in [-0.4, -0.2) is 118 Å². The summed E-state index contributed by atoms with van der Waals surface area (Å²) >= 11 is 0. The van der Waals surface area contributed by atoms with Crippen molar-refractivity contribution in [3.8, 4) is 34.5 Å². The van der Waals surface area contributed by atoms with Crippen LogP contribution >= 0.6 is 0 Å². The Kier molecular flexibility index (Phi) is 13.4. The number of aliphatic hydroxyl groups is 2. The lowest BCUT2D eigenvalue weighted by atomic mass is 9.78. The number of likely N-dealkylation sites (N-methyl/N-ethyl adjacent to an activating group) is 1. The summed E-state index contributed by atoms with van der Waals surface area (Å²) in [5.41, 5.74) is -1.52. The minimum Gasteiger partial charge on any atom is -0.507 e. The Morgan fingerprint density at radius 3 is 2.41 bits per heavy atom. The van der Waals surface area contributed by atoms with Crippen molar-refractivity contribution in [3.05, 3.63) is 69.6 Å². The van der Waals surface area contributed by atoms with Crippen LogP contribution in [0.25, 0.3) is 33.3 Å². The first-order valence-electron chi connectivity index (χ1n) is 23.7. The normalized spacial score (nSPS) is 33.5. The van der Waals surface area contributed by atoms with Crippen molar-refractivity contribution in [2.24, 2.45) is 29.6 Å². The fourth-order valence-corrected chi connectivity index (χ4v) is 11.1. The quantitative estimate of drug-likeness (QED) is 0.0588. The van der Waals surface area contributed by atoms with E-state index in [4.69, 9.17) is 33.1 Å². The lowest BCUT2D eigenvalue weighted by molar-refractivity contribution is -0.925. The summed E-state index contributed by atoms with van der Waals surface area (Å²) in [5, 5.41) is 48.6. The van der Waals surface area contributed by atoms with Crippen molar-refractivity contribution in [1.29, 1.82) is 0 Å². The molecule has 12 atom stereocenters. The molecular weight excluding hydrogens is 891 g/mol. The van der Waals surface area contributed by atoms with E-state index in [1.54, 1.807) is 39.8 Å². The molecule has 2 fully saturated rings. The van der Waals surface area contributed by atoms with E-state index < -0.39 is 88.4 Å². The number of hydrogen-bond acceptors (Lipinski definition) is 15. The van der Waals surface area contributed by atoms with Crippen LogP contribution in [0.5, 0.6) is 23.0 Å². The van der Waals surface area contributed by atoms with Crippen LogP contribution in [0, 0.1) is 36.5 Å². The predicted molar refractivity (Wildman–Crippen MR) is 255 cm³/mol. The summed E-state index contributed by atoms with van der Waals surface area (Å²) in [6.07, 6.45) is 7.12. The summed E-state index contributed by atoms with van der Waals surface area (Å²) in [4.78, 5) is 61.0. The number of rotatable bonds is 6. The number of carbonyl (C=O) groups is 3. The Morgan fingerprint density at radius 2 is 1.74 bits per heavy atom. The van der Waals surface area contributed by atoms with Gasteiger partial charge >= 0.3 is 11.8 Å². The molecule has 1 amide bonds. The van der Waals surface area contributed by atoms with Gasteiger partial charge in [-0.2, -0.15) is 0 Å². The highest BCUT2D eigenvalue weighted by molar-refractivity contribution is 6.22. The molecular formula is C52H64N3O14+. The average Bonchev–Trinajstić information content (AvgIpc) is 3.98. The van der Waals surface area contributed by atoms with Crippen LogP contribution in [0.4, 0.5) is 5.69 Å². The number of ether oxygens (including phenoxy) is 5. The standard InChI is InChI=1S/C52H63N3O14/c1-24-12-11-13-25(2)51(63)54-42-46(61)38-37(41-49(42)68-36-22-33(21-34(57)40(36)53-41)65-19-17-55(9)23-31-14-15-32(55)20-31)39-48(29(6)45(38)60)69-52(8,50(39)62)66-18-16-35(64-10)26(3)47(67-30(7)56)28(5)44(59)27(4)43(24)58/h11-13,16,18,21-22,24,26-28,31-32,35,43-44,47,58-59H,14-15,17,19-20,23H2,1-10H3,(H2-,53,54,57,60,61,62,63)/p+1/b12-11+,18-16+,25-13-/t24-,26+,27+,28+,31?,32?,35-,43-,44+,47+,52-,55?/m0/s1. The van der Waals surface area contributed by atoms with E-state index >= 15 is 0 Å². The summed E-state index contributed by atoms with van der Waals surface area (Å²) in [5.74, 6) is -6.99. The molecule has 0 aromatic heterocycles. The second kappa shape index (κ2) is 18.7. The molecule has 4 aliphatic heterocycles. The molecule has 6 bridgehead atoms. The number of benzene rings is 3. The number of fused-ring (bicyclic) bond motifs is 4. The number of aromatic nitrogens is 1. The maximum Gasteiger partial charge on any atom is 0.312 e. The maximum absolute atomic E-state index is 14.9. The first-order valence-corrected chi connectivity index (χ1v) is 23.7. The third-order valence-electron chi connectivity index (χ3n) is 15.3. The number of aliphatic hydroxyl groups excluding tert-OH is 2. The Hall–Kier alpha value is -6.01. The molecule has 0 radical (unpaired) electrons. The number of hydrogen-bond donors (Lipinski definition) is 5. The number of esters is 1. The number of piperidine rings is 1. The van der Waals surface area contributed by atoms with E-state index in [0.29, 0.717) is 12.6 Å². The number of Topliss-reactive ketones (excluding diaryl/α,β-unsaturated/α-hetero) is 1. The number of allylic oxidation sites excluding steroid dienone is 2. The minimum atomic E-state index is -2.09.